The van der Waals surface area contributed by atoms with Gasteiger partial charge in [0.1, 0.15) is 16.0 Å². The van der Waals surface area contributed by atoms with Crippen LogP contribution in [-0.4, -0.2) is 40.9 Å². The van der Waals surface area contributed by atoms with Gasteiger partial charge >= 0.3 is 5.97 Å². The number of rotatable bonds is 4. The van der Waals surface area contributed by atoms with Crippen LogP contribution in [0, 0.1) is 12.8 Å². The molecular formula is C13H14N2O4S. The number of aromatic nitrogens is 2. The van der Waals surface area contributed by atoms with Gasteiger partial charge in [0.15, 0.2) is 0 Å². The molecule has 0 radical (unpaired) electrons. The maximum atomic E-state index is 11.2. The number of carboxylic acid groups (broad SMARTS) is 1. The van der Waals surface area contributed by atoms with Gasteiger partial charge in [-0.05, 0) is 18.9 Å². The van der Waals surface area contributed by atoms with Gasteiger partial charge in [-0.25, -0.2) is 14.8 Å². The Morgan fingerprint density at radius 1 is 1.60 bits per heavy atom. The number of hydrogen-bond donors (Lipinski definition) is 1. The fourth-order valence-corrected chi connectivity index (χ4v) is 3.24. The Kier molecular flexibility index (Phi) is 3.54. The van der Waals surface area contributed by atoms with Gasteiger partial charge in [0.25, 0.3) is 0 Å². The predicted octanol–water partition coefficient (Wildman–Crippen LogP) is 2.11. The number of nitrogens with zero attached hydrogens (tertiary/aromatic N) is 2. The average Bonchev–Trinajstić information content (AvgIpc) is 3.05. The summed E-state index contributed by atoms with van der Waals surface area (Å²) in [5, 5.41) is 9.87. The molecule has 7 heteroatoms. The van der Waals surface area contributed by atoms with Crippen LogP contribution in [0.4, 0.5) is 0 Å². The molecule has 6 nitrogen and oxygen atoms in total. The number of hydrogen-bond acceptors (Lipinski definition) is 6. The summed E-state index contributed by atoms with van der Waals surface area (Å²) in [6.45, 7) is 3.77. The number of carboxylic acids is 1. The van der Waals surface area contributed by atoms with Crippen molar-refractivity contribution in [3.05, 3.63) is 16.8 Å². The van der Waals surface area contributed by atoms with E-state index in [1.165, 1.54) is 6.33 Å². The number of fused-ring (bicyclic) bond motifs is 1. The van der Waals surface area contributed by atoms with Crippen LogP contribution in [0.3, 0.4) is 0 Å². The highest BCUT2D eigenvalue weighted by molar-refractivity contribution is 7.20. The van der Waals surface area contributed by atoms with Gasteiger partial charge in [0.05, 0.1) is 18.6 Å². The maximum absolute atomic E-state index is 11.2. The third kappa shape index (κ3) is 2.34. The molecule has 1 fully saturated rings. The van der Waals surface area contributed by atoms with Crippen LogP contribution in [0.25, 0.3) is 10.2 Å². The highest BCUT2D eigenvalue weighted by Gasteiger charge is 2.21. The topological polar surface area (TPSA) is 81.5 Å². The van der Waals surface area contributed by atoms with E-state index in [1.54, 1.807) is 6.92 Å². The molecule has 0 aromatic carbocycles. The second-order valence-electron chi connectivity index (χ2n) is 4.76. The van der Waals surface area contributed by atoms with Gasteiger partial charge in [-0.2, -0.15) is 0 Å². The lowest BCUT2D eigenvalue weighted by atomic mass is 10.1. The minimum absolute atomic E-state index is 0.287. The van der Waals surface area contributed by atoms with Crippen LogP contribution >= 0.6 is 11.3 Å². The third-order valence-corrected chi connectivity index (χ3v) is 4.55. The van der Waals surface area contributed by atoms with Crippen LogP contribution in [0.1, 0.15) is 21.7 Å². The summed E-state index contributed by atoms with van der Waals surface area (Å²) < 4.78 is 11.1. The van der Waals surface area contributed by atoms with Gasteiger partial charge in [-0.15, -0.1) is 11.3 Å². The van der Waals surface area contributed by atoms with Crippen molar-refractivity contribution >= 4 is 27.5 Å². The largest absolute Gasteiger partial charge is 0.477 e. The Bertz CT molecular complexity index is 649. The van der Waals surface area contributed by atoms with Crippen molar-refractivity contribution in [1.29, 1.82) is 0 Å². The molecule has 106 valence electrons. The molecule has 2 aromatic rings. The molecule has 0 spiro atoms. The summed E-state index contributed by atoms with van der Waals surface area (Å²) in [6.07, 6.45) is 2.39. The molecular weight excluding hydrogens is 280 g/mol. The molecule has 2 aromatic heterocycles. The summed E-state index contributed by atoms with van der Waals surface area (Å²) in [5.74, 6) is -0.110. The lowest BCUT2D eigenvalue weighted by Gasteiger charge is -2.10. The standard InChI is InChI=1S/C13H14N2O4S/c1-7-9-11(19-5-8-2-3-18-4-8)14-6-15-12(9)20-10(7)13(16)17/h6,8H,2-5H2,1H3,(H,16,17). The highest BCUT2D eigenvalue weighted by Crippen LogP contribution is 2.34. The van der Waals surface area contributed by atoms with E-state index in [2.05, 4.69) is 9.97 Å². The quantitative estimate of drug-likeness (QED) is 0.930. The Labute approximate surface area is 119 Å². The lowest BCUT2D eigenvalue weighted by Crippen LogP contribution is -2.12. The van der Waals surface area contributed by atoms with Crippen LogP contribution in [0.15, 0.2) is 6.33 Å². The van der Waals surface area contributed by atoms with Crippen molar-refractivity contribution < 1.29 is 19.4 Å². The molecule has 0 saturated carbocycles. The van der Waals surface area contributed by atoms with E-state index in [0.29, 0.717) is 40.8 Å². The Morgan fingerprint density at radius 3 is 3.15 bits per heavy atom. The summed E-state index contributed by atoms with van der Waals surface area (Å²) in [4.78, 5) is 20.4. The molecule has 1 unspecified atom stereocenters. The van der Waals surface area contributed by atoms with Gasteiger partial charge in [-0.3, -0.25) is 0 Å². The zero-order valence-electron chi connectivity index (χ0n) is 11.0. The van der Waals surface area contributed by atoms with Gasteiger partial charge in [-0.1, -0.05) is 0 Å². The number of carbonyl (C=O) groups is 1. The van der Waals surface area contributed by atoms with E-state index in [4.69, 9.17) is 14.6 Å². The zero-order valence-corrected chi connectivity index (χ0v) is 11.8. The van der Waals surface area contributed by atoms with E-state index in [9.17, 15) is 4.79 Å². The fraction of sp³-hybridized carbons (Fsp3) is 0.462. The predicted molar refractivity (Wildman–Crippen MR) is 73.5 cm³/mol. The van der Waals surface area contributed by atoms with E-state index in [1.807, 2.05) is 0 Å². The molecule has 0 aliphatic carbocycles. The molecule has 1 aliphatic rings. The van der Waals surface area contributed by atoms with Crippen LogP contribution in [-0.2, 0) is 4.74 Å². The van der Waals surface area contributed by atoms with Gasteiger partial charge in [0, 0.05) is 12.5 Å². The molecule has 1 atom stereocenters. The van der Waals surface area contributed by atoms with E-state index in [-0.39, 0.29) is 4.88 Å². The van der Waals surface area contributed by atoms with Crippen molar-refractivity contribution in [1.82, 2.24) is 9.97 Å². The van der Waals surface area contributed by atoms with E-state index < -0.39 is 5.97 Å². The zero-order chi connectivity index (χ0) is 14.1. The Hall–Kier alpha value is -1.73. The van der Waals surface area contributed by atoms with Crippen LogP contribution in [0.5, 0.6) is 5.88 Å². The van der Waals surface area contributed by atoms with Crippen molar-refractivity contribution in [3.8, 4) is 5.88 Å². The molecule has 20 heavy (non-hydrogen) atoms. The second-order valence-corrected chi connectivity index (χ2v) is 5.76. The minimum Gasteiger partial charge on any atom is -0.477 e. The summed E-state index contributed by atoms with van der Waals surface area (Å²) >= 11 is 1.15. The summed E-state index contributed by atoms with van der Waals surface area (Å²) in [7, 11) is 0. The van der Waals surface area contributed by atoms with Crippen molar-refractivity contribution in [2.75, 3.05) is 19.8 Å². The van der Waals surface area contributed by atoms with Gasteiger partial charge < -0.3 is 14.6 Å². The molecule has 3 rings (SSSR count). The number of ether oxygens (including phenoxy) is 2. The lowest BCUT2D eigenvalue weighted by molar-refractivity contribution is 0.0701. The smallest absolute Gasteiger partial charge is 0.346 e. The second kappa shape index (κ2) is 5.34. The first-order valence-electron chi connectivity index (χ1n) is 6.34. The molecule has 3 heterocycles. The van der Waals surface area contributed by atoms with Gasteiger partial charge in [0.2, 0.25) is 5.88 Å². The first kappa shape index (κ1) is 13.3. The van der Waals surface area contributed by atoms with E-state index >= 15 is 0 Å². The molecule has 1 saturated heterocycles. The van der Waals surface area contributed by atoms with Crippen molar-refractivity contribution in [3.63, 3.8) is 0 Å². The van der Waals surface area contributed by atoms with Crippen LogP contribution < -0.4 is 4.74 Å². The molecule has 1 N–H and O–H groups in total. The maximum Gasteiger partial charge on any atom is 0.346 e. The average molecular weight is 294 g/mol. The summed E-state index contributed by atoms with van der Waals surface area (Å²) in [5.41, 5.74) is 0.663. The van der Waals surface area contributed by atoms with Crippen molar-refractivity contribution in [2.45, 2.75) is 13.3 Å². The Balaban J connectivity index is 1.91. The normalized spacial score (nSPS) is 18.6. The number of aromatic carboxylic acids is 1. The molecule has 0 bridgehead atoms. The highest BCUT2D eigenvalue weighted by atomic mass is 32.1. The number of thiophene rings is 1. The fourth-order valence-electron chi connectivity index (χ4n) is 2.26. The first-order chi connectivity index (χ1) is 9.66. The third-order valence-electron chi connectivity index (χ3n) is 3.37. The van der Waals surface area contributed by atoms with Crippen LogP contribution in [0.2, 0.25) is 0 Å². The van der Waals surface area contributed by atoms with Crippen molar-refractivity contribution in [2.24, 2.45) is 5.92 Å². The molecule has 0 amide bonds. The monoisotopic (exact) mass is 294 g/mol. The minimum atomic E-state index is -0.944. The summed E-state index contributed by atoms with van der Waals surface area (Å²) in [6, 6.07) is 0. The van der Waals surface area contributed by atoms with E-state index in [0.717, 1.165) is 24.4 Å². The number of aryl methyl sites for hydroxylation is 1. The Morgan fingerprint density at radius 2 is 2.45 bits per heavy atom. The first-order valence-corrected chi connectivity index (χ1v) is 7.16. The molecule has 1 aliphatic heterocycles. The SMILES string of the molecule is Cc1c(C(=O)O)sc2ncnc(OCC3CCOC3)c12.